The van der Waals surface area contributed by atoms with Gasteiger partial charge in [0.15, 0.2) is 17.0 Å². The van der Waals surface area contributed by atoms with Gasteiger partial charge in [-0.15, -0.1) is 34.9 Å². The van der Waals surface area contributed by atoms with Crippen LogP contribution < -0.4 is 15.6 Å². The van der Waals surface area contributed by atoms with Crippen molar-refractivity contribution in [2.24, 2.45) is 12.2 Å². The predicted octanol–water partition coefficient (Wildman–Crippen LogP) is 1.65. The molecule has 15 heteroatoms. The topological polar surface area (TPSA) is 151 Å². The quantitative estimate of drug-likeness (QED) is 0.119. The standard InChI is InChI=1S/C22H20N6O5S4/c1-27-5-3-13(10-4-6-34-20(10)27)36-9-14-17(21(31)32)28-12(8-35-14)16(19(28)30)25-18(29)15(26-33-2)11-7-37-22(23)24-11/h3-7,12,16H,8-9H2,1-2H3,(H3-,23,24,25,29,31,32)/p+1/b26-15-/t12-,16+/m1/s1. The fourth-order valence-electron chi connectivity index (χ4n) is 4.14. The number of rotatable bonds is 8. The number of nitrogens with one attached hydrogen (secondary N) is 1. The van der Waals surface area contributed by atoms with Gasteiger partial charge < -0.3 is 21.0 Å². The normalized spacial score (nSPS) is 19.6. The maximum absolute atomic E-state index is 13.1. The molecule has 11 nitrogen and oxygen atoms in total. The Morgan fingerprint density at radius 1 is 1.41 bits per heavy atom. The van der Waals surface area contributed by atoms with Crippen molar-refractivity contribution in [3.8, 4) is 0 Å². The number of carboxylic acid groups (broad SMARTS) is 1. The number of thioether (sulfide) groups is 2. The molecule has 2 aliphatic rings. The zero-order chi connectivity index (χ0) is 26.3. The van der Waals surface area contributed by atoms with E-state index in [9.17, 15) is 19.5 Å². The first-order valence-electron chi connectivity index (χ1n) is 10.8. The van der Waals surface area contributed by atoms with Gasteiger partial charge >= 0.3 is 5.97 Å². The fraction of sp³-hybridized carbons (Fsp3) is 0.273. The van der Waals surface area contributed by atoms with Crippen molar-refractivity contribution in [1.82, 2.24) is 15.2 Å². The van der Waals surface area contributed by atoms with Crippen LogP contribution in [-0.4, -0.2) is 69.2 Å². The number of hydrogen-bond acceptors (Lipinski definition) is 11. The molecule has 0 aromatic carbocycles. The van der Waals surface area contributed by atoms with Gasteiger partial charge in [-0.1, -0.05) is 16.5 Å². The van der Waals surface area contributed by atoms with Crippen molar-refractivity contribution in [3.05, 3.63) is 45.4 Å². The minimum absolute atomic E-state index is 0.0367. The lowest BCUT2D eigenvalue weighted by atomic mass is 9.94. The highest BCUT2D eigenvalue weighted by atomic mass is 32.2. The Morgan fingerprint density at radius 3 is 2.92 bits per heavy atom. The van der Waals surface area contributed by atoms with Gasteiger partial charge in [-0.05, 0) is 11.4 Å². The van der Waals surface area contributed by atoms with Crippen molar-refractivity contribution < 1.29 is 28.9 Å². The molecule has 0 unspecified atom stereocenters. The van der Waals surface area contributed by atoms with Crippen LogP contribution >= 0.6 is 46.2 Å². The van der Waals surface area contributed by atoms with Gasteiger partial charge in [0.2, 0.25) is 0 Å². The van der Waals surface area contributed by atoms with Gasteiger partial charge in [-0.3, -0.25) is 14.5 Å². The number of thiophene rings is 1. The number of amides is 2. The van der Waals surface area contributed by atoms with Crippen molar-refractivity contribution in [1.29, 1.82) is 0 Å². The highest BCUT2D eigenvalue weighted by Crippen LogP contribution is 2.42. The van der Waals surface area contributed by atoms with Crippen LogP contribution in [0.1, 0.15) is 5.69 Å². The van der Waals surface area contributed by atoms with Crippen LogP contribution in [0.3, 0.4) is 0 Å². The number of oxime groups is 1. The zero-order valence-electron chi connectivity index (χ0n) is 19.5. The molecule has 2 aliphatic heterocycles. The van der Waals surface area contributed by atoms with Gasteiger partial charge in [-0.2, -0.15) is 4.57 Å². The van der Waals surface area contributed by atoms with Crippen LogP contribution in [0.5, 0.6) is 0 Å². The van der Waals surface area contributed by atoms with Gasteiger partial charge in [-0.25, -0.2) is 9.78 Å². The maximum atomic E-state index is 13.1. The maximum Gasteiger partial charge on any atom is 0.353 e. The summed E-state index contributed by atoms with van der Waals surface area (Å²) in [6.07, 6.45) is 1.98. The number of aromatic nitrogens is 2. The number of nitrogens with two attached hydrogens (primary N) is 1. The number of pyridine rings is 1. The Kier molecular flexibility index (Phi) is 7.11. The second-order valence-electron chi connectivity index (χ2n) is 8.03. The number of carbonyl (C=O) groups excluding carboxylic acids is 2. The number of aryl methyl sites for hydroxylation is 1. The molecule has 192 valence electrons. The van der Waals surface area contributed by atoms with E-state index in [1.165, 1.54) is 35.5 Å². The average molecular weight is 578 g/mol. The summed E-state index contributed by atoms with van der Waals surface area (Å²) < 4.78 is 2.05. The van der Waals surface area contributed by atoms with Crippen LogP contribution in [0.2, 0.25) is 0 Å². The molecule has 37 heavy (non-hydrogen) atoms. The molecule has 0 radical (unpaired) electrons. The first kappa shape index (κ1) is 25.5. The third-order valence-corrected chi connectivity index (χ3v) is 10.00. The molecule has 0 spiro atoms. The Balaban J connectivity index is 1.33. The molecule has 4 N–H and O–H groups in total. The van der Waals surface area contributed by atoms with E-state index >= 15 is 0 Å². The molecule has 2 amide bonds. The number of β-lactam (4-membered cyclic amide) rings is 1. The molecule has 0 saturated carbocycles. The number of nitrogen functional groups attached to an aromatic ring is 1. The van der Waals surface area contributed by atoms with E-state index in [4.69, 9.17) is 10.6 Å². The summed E-state index contributed by atoms with van der Waals surface area (Å²) in [6, 6.07) is 2.67. The van der Waals surface area contributed by atoms with Crippen LogP contribution in [0.15, 0.2) is 49.7 Å². The van der Waals surface area contributed by atoms with E-state index in [-0.39, 0.29) is 22.2 Å². The fourth-order valence-corrected chi connectivity index (χ4v) is 8.06. The van der Waals surface area contributed by atoms with Crippen molar-refractivity contribution in [2.75, 3.05) is 24.3 Å². The first-order valence-corrected chi connectivity index (χ1v) is 14.6. The highest BCUT2D eigenvalue weighted by molar-refractivity contribution is 8.06. The van der Waals surface area contributed by atoms with E-state index in [0.717, 1.165) is 26.4 Å². The number of nitrogens with zero attached hydrogens (tertiary/aromatic N) is 4. The molecule has 5 heterocycles. The smallest absolute Gasteiger partial charge is 0.353 e. The largest absolute Gasteiger partial charge is 0.477 e. The number of fused-ring (bicyclic) bond motifs is 2. The number of carboxylic acids is 1. The zero-order valence-corrected chi connectivity index (χ0v) is 22.8. The molecule has 0 aliphatic carbocycles. The third-order valence-electron chi connectivity index (χ3n) is 5.84. The summed E-state index contributed by atoms with van der Waals surface area (Å²) in [7, 11) is 3.27. The second kappa shape index (κ2) is 10.3. The number of aliphatic carboxylic acids is 1. The Hall–Kier alpha value is -3.14. The summed E-state index contributed by atoms with van der Waals surface area (Å²) in [5, 5.41) is 21.3. The number of hydrogen-bond donors (Lipinski definition) is 3. The molecule has 1 saturated heterocycles. The van der Waals surface area contributed by atoms with E-state index in [0.29, 0.717) is 16.4 Å². The molecule has 2 atom stereocenters. The molecule has 0 bridgehead atoms. The molecule has 1 fully saturated rings. The van der Waals surface area contributed by atoms with Crippen LogP contribution in [0.4, 0.5) is 5.13 Å². The van der Waals surface area contributed by atoms with Gasteiger partial charge in [0, 0.05) is 32.8 Å². The van der Waals surface area contributed by atoms with Crippen molar-refractivity contribution in [3.63, 3.8) is 0 Å². The lowest BCUT2D eigenvalue weighted by Gasteiger charge is -2.49. The number of carbonyl (C=O) groups is 3. The van der Waals surface area contributed by atoms with Crippen LogP contribution in [0, 0.1) is 0 Å². The van der Waals surface area contributed by atoms with Crippen LogP contribution in [-0.2, 0) is 26.3 Å². The average Bonchev–Trinajstić information content (AvgIpc) is 3.54. The predicted molar refractivity (Wildman–Crippen MR) is 143 cm³/mol. The Morgan fingerprint density at radius 2 is 2.22 bits per heavy atom. The van der Waals surface area contributed by atoms with Crippen molar-refractivity contribution in [2.45, 2.75) is 17.0 Å². The van der Waals surface area contributed by atoms with E-state index in [2.05, 4.69) is 15.5 Å². The summed E-state index contributed by atoms with van der Waals surface area (Å²) in [5.41, 5.74) is 5.73. The van der Waals surface area contributed by atoms with Gasteiger partial charge in [0.25, 0.3) is 16.6 Å². The number of anilines is 1. The van der Waals surface area contributed by atoms with Gasteiger partial charge in [0.05, 0.1) is 11.4 Å². The highest BCUT2D eigenvalue weighted by Gasteiger charge is 2.54. The molecule has 3 aromatic heterocycles. The SMILES string of the molecule is CO/N=C(\C(=O)N[C@@H]1C(=O)N2C(C(=O)O)=C(CSc3cc[n+](C)c4sccc34)SC[C@H]12)c1csc(N)n1. The monoisotopic (exact) mass is 577 g/mol. The molecule has 5 rings (SSSR count). The minimum Gasteiger partial charge on any atom is -0.477 e. The molecule has 3 aromatic rings. The first-order chi connectivity index (χ1) is 17.8. The Labute approximate surface area is 227 Å². The van der Waals surface area contributed by atoms with Gasteiger partial charge in [0.1, 0.15) is 31.6 Å². The third kappa shape index (κ3) is 4.67. The van der Waals surface area contributed by atoms with E-state index in [1.807, 2.05) is 35.3 Å². The Bertz CT molecular complexity index is 1480. The lowest BCUT2D eigenvalue weighted by Crippen LogP contribution is -2.73. The second-order valence-corrected chi connectivity index (χ2v) is 11.9. The molecular weight excluding hydrogens is 557 g/mol. The summed E-state index contributed by atoms with van der Waals surface area (Å²) in [6.45, 7) is 0. The number of thiazole rings is 1. The van der Waals surface area contributed by atoms with Crippen LogP contribution in [0.25, 0.3) is 10.2 Å². The summed E-state index contributed by atoms with van der Waals surface area (Å²) in [4.78, 5) is 51.1. The van der Waals surface area contributed by atoms with E-state index in [1.54, 1.807) is 16.7 Å². The lowest BCUT2D eigenvalue weighted by molar-refractivity contribution is -0.643. The summed E-state index contributed by atoms with van der Waals surface area (Å²) >= 11 is 5.71. The molecular formula is C22H21N6O5S4+. The summed E-state index contributed by atoms with van der Waals surface area (Å²) in [5.74, 6) is -1.46. The van der Waals surface area contributed by atoms with E-state index < -0.39 is 29.9 Å². The van der Waals surface area contributed by atoms with Crippen molar-refractivity contribution >= 4 is 85.0 Å². The minimum atomic E-state index is -1.18.